The molecule has 1 aromatic heterocycles. The van der Waals surface area contributed by atoms with Crippen molar-refractivity contribution in [3.8, 4) is 0 Å². The lowest BCUT2D eigenvalue weighted by Crippen LogP contribution is -2.30. The predicted octanol–water partition coefficient (Wildman–Crippen LogP) is 1.34. The van der Waals surface area contributed by atoms with Gasteiger partial charge < -0.3 is 10.1 Å². The number of sulfone groups is 1. The Balaban J connectivity index is 2.31. The fourth-order valence-corrected chi connectivity index (χ4v) is 3.48. The summed E-state index contributed by atoms with van der Waals surface area (Å²) in [6.45, 7) is 1.54. The maximum atomic E-state index is 12.0. The van der Waals surface area contributed by atoms with Crippen LogP contribution in [0.4, 0.5) is 0 Å². The van der Waals surface area contributed by atoms with E-state index < -0.39 is 26.8 Å². The van der Waals surface area contributed by atoms with Crippen LogP contribution in [0.3, 0.4) is 0 Å². The number of para-hydroxylation sites is 2. The molecule has 0 amide bonds. The molecule has 1 aromatic carbocycles. The second-order valence-electron chi connectivity index (χ2n) is 4.24. The first-order valence-electron chi connectivity index (χ1n) is 5.82. The summed E-state index contributed by atoms with van der Waals surface area (Å²) in [4.78, 5) is 18.0. The number of aromatic amines is 1. The predicted molar refractivity (Wildman–Crippen MR) is 70.4 cm³/mol. The summed E-state index contributed by atoms with van der Waals surface area (Å²) in [5.41, 5.74) is 1.40. The van der Waals surface area contributed by atoms with Crippen LogP contribution >= 0.6 is 0 Å². The van der Waals surface area contributed by atoms with Crippen molar-refractivity contribution in [3.05, 3.63) is 30.1 Å². The number of nitrogens with zero attached hydrogens (tertiary/aromatic N) is 1. The first kappa shape index (κ1) is 13.5. The Bertz CT molecular complexity index is 672. The van der Waals surface area contributed by atoms with Gasteiger partial charge in [0.25, 0.3) is 0 Å². The van der Waals surface area contributed by atoms with Crippen molar-refractivity contribution in [3.63, 3.8) is 0 Å². The lowest BCUT2D eigenvalue weighted by Gasteiger charge is -2.09. The Kier molecular flexibility index (Phi) is 3.57. The number of benzene rings is 1. The molecule has 1 atom stereocenters. The molecule has 0 spiro atoms. The van der Waals surface area contributed by atoms with Crippen molar-refractivity contribution >= 4 is 26.8 Å². The molecular weight excluding hydrogens is 268 g/mol. The number of carboxylic acid groups (broad SMARTS) is 1. The summed E-state index contributed by atoms with van der Waals surface area (Å²) in [5.74, 6) is -1.45. The highest BCUT2D eigenvalue weighted by atomic mass is 32.2. The largest absolute Gasteiger partial charge is 0.480 e. The molecule has 0 aliphatic heterocycles. The Hall–Kier alpha value is -1.89. The van der Waals surface area contributed by atoms with E-state index in [1.165, 1.54) is 6.92 Å². The SMILES string of the molecule is CCC(C(=O)O)S(=O)(=O)Cc1nc2ccccc2[nH]1. The monoisotopic (exact) mass is 282 g/mol. The van der Waals surface area contributed by atoms with E-state index in [0.717, 1.165) is 5.52 Å². The number of carboxylic acids is 1. The minimum atomic E-state index is -3.77. The molecule has 0 radical (unpaired) electrons. The highest BCUT2D eigenvalue weighted by Crippen LogP contribution is 2.16. The van der Waals surface area contributed by atoms with E-state index >= 15 is 0 Å². The van der Waals surface area contributed by atoms with Gasteiger partial charge in [0.15, 0.2) is 15.1 Å². The van der Waals surface area contributed by atoms with Crippen LogP contribution in [0, 0.1) is 0 Å². The van der Waals surface area contributed by atoms with Crippen LogP contribution in [0.1, 0.15) is 19.2 Å². The van der Waals surface area contributed by atoms with Gasteiger partial charge in [-0.2, -0.15) is 0 Å². The molecule has 102 valence electrons. The van der Waals surface area contributed by atoms with Gasteiger partial charge in [0.1, 0.15) is 11.6 Å². The number of imidazole rings is 1. The summed E-state index contributed by atoms with van der Waals surface area (Å²) in [6.07, 6.45) is 0.0396. The summed E-state index contributed by atoms with van der Waals surface area (Å²) >= 11 is 0. The fourth-order valence-electron chi connectivity index (χ4n) is 1.95. The van der Waals surface area contributed by atoms with Gasteiger partial charge in [-0.1, -0.05) is 19.1 Å². The van der Waals surface area contributed by atoms with Crippen LogP contribution in [0.25, 0.3) is 11.0 Å². The van der Waals surface area contributed by atoms with Crippen LogP contribution in [0.2, 0.25) is 0 Å². The number of rotatable bonds is 5. The number of aromatic nitrogens is 2. The molecule has 0 aliphatic carbocycles. The minimum Gasteiger partial charge on any atom is -0.480 e. The van der Waals surface area contributed by atoms with Crippen LogP contribution < -0.4 is 0 Å². The Morgan fingerprint density at radius 3 is 2.68 bits per heavy atom. The Labute approximate surface area is 110 Å². The van der Waals surface area contributed by atoms with E-state index in [4.69, 9.17) is 5.11 Å². The molecule has 0 aliphatic rings. The van der Waals surface area contributed by atoms with Gasteiger partial charge in [0.2, 0.25) is 0 Å². The molecular formula is C12H14N2O4S. The molecule has 2 rings (SSSR count). The lowest BCUT2D eigenvalue weighted by atomic mass is 10.3. The molecule has 19 heavy (non-hydrogen) atoms. The summed E-state index contributed by atoms with van der Waals surface area (Å²) in [5, 5.41) is 7.53. The van der Waals surface area contributed by atoms with Gasteiger partial charge in [-0.15, -0.1) is 0 Å². The van der Waals surface area contributed by atoms with Gasteiger partial charge in [-0.05, 0) is 18.6 Å². The number of carbonyl (C=O) groups is 1. The average Bonchev–Trinajstić information content (AvgIpc) is 2.69. The standard InChI is InChI=1S/C12H14N2O4S/c1-2-10(12(15)16)19(17,18)7-11-13-8-5-3-4-6-9(8)14-11/h3-6,10H,2,7H2,1H3,(H,13,14)(H,15,16). The lowest BCUT2D eigenvalue weighted by molar-refractivity contribution is -0.136. The van der Waals surface area contributed by atoms with E-state index in [2.05, 4.69) is 9.97 Å². The smallest absolute Gasteiger partial charge is 0.321 e. The highest BCUT2D eigenvalue weighted by molar-refractivity contribution is 7.92. The van der Waals surface area contributed by atoms with Gasteiger partial charge in [-0.3, -0.25) is 4.79 Å². The van der Waals surface area contributed by atoms with E-state index in [0.29, 0.717) is 5.52 Å². The zero-order valence-corrected chi connectivity index (χ0v) is 11.1. The Morgan fingerprint density at radius 2 is 2.11 bits per heavy atom. The van der Waals surface area contributed by atoms with Crippen molar-refractivity contribution in [2.75, 3.05) is 0 Å². The van der Waals surface area contributed by atoms with Crippen LogP contribution in [-0.2, 0) is 20.4 Å². The molecule has 6 nitrogen and oxygen atoms in total. The van der Waals surface area contributed by atoms with Crippen molar-refractivity contribution in [1.82, 2.24) is 9.97 Å². The molecule has 1 heterocycles. The van der Waals surface area contributed by atoms with E-state index in [9.17, 15) is 13.2 Å². The second-order valence-corrected chi connectivity index (χ2v) is 6.43. The first-order chi connectivity index (χ1) is 8.94. The van der Waals surface area contributed by atoms with Crippen LogP contribution in [-0.4, -0.2) is 34.7 Å². The zero-order valence-electron chi connectivity index (χ0n) is 10.3. The zero-order chi connectivity index (χ0) is 14.0. The normalized spacial score (nSPS) is 13.5. The Morgan fingerprint density at radius 1 is 1.42 bits per heavy atom. The third kappa shape index (κ3) is 2.76. The number of H-pyrrole nitrogens is 1. The summed E-state index contributed by atoms with van der Waals surface area (Å²) in [7, 11) is -3.77. The molecule has 7 heteroatoms. The topological polar surface area (TPSA) is 100 Å². The number of nitrogens with one attached hydrogen (secondary N) is 1. The average molecular weight is 282 g/mol. The molecule has 0 saturated heterocycles. The molecule has 0 fully saturated rings. The second kappa shape index (κ2) is 5.00. The van der Waals surface area contributed by atoms with Gasteiger partial charge in [0, 0.05) is 0 Å². The molecule has 1 unspecified atom stereocenters. The maximum Gasteiger partial charge on any atom is 0.321 e. The fraction of sp³-hybridized carbons (Fsp3) is 0.333. The van der Waals surface area contributed by atoms with Crippen LogP contribution in [0.15, 0.2) is 24.3 Å². The maximum absolute atomic E-state index is 12.0. The molecule has 0 bridgehead atoms. The molecule has 2 aromatic rings. The number of hydrogen-bond donors (Lipinski definition) is 2. The highest BCUT2D eigenvalue weighted by Gasteiger charge is 2.31. The van der Waals surface area contributed by atoms with Crippen LogP contribution in [0.5, 0.6) is 0 Å². The van der Waals surface area contributed by atoms with Gasteiger partial charge in [-0.25, -0.2) is 13.4 Å². The van der Waals surface area contributed by atoms with E-state index in [1.54, 1.807) is 18.2 Å². The van der Waals surface area contributed by atoms with E-state index in [-0.39, 0.29) is 12.2 Å². The summed E-state index contributed by atoms with van der Waals surface area (Å²) < 4.78 is 24.0. The number of hydrogen-bond acceptors (Lipinski definition) is 4. The molecule has 2 N–H and O–H groups in total. The first-order valence-corrected chi connectivity index (χ1v) is 7.53. The van der Waals surface area contributed by atoms with Crippen molar-refractivity contribution in [1.29, 1.82) is 0 Å². The number of aliphatic carboxylic acids is 1. The third-order valence-corrected chi connectivity index (χ3v) is 4.93. The quantitative estimate of drug-likeness (QED) is 0.862. The summed E-state index contributed by atoms with van der Waals surface area (Å²) in [6, 6.07) is 7.15. The minimum absolute atomic E-state index is 0.0396. The van der Waals surface area contributed by atoms with Crippen molar-refractivity contribution in [2.24, 2.45) is 0 Å². The van der Waals surface area contributed by atoms with E-state index in [1.807, 2.05) is 6.07 Å². The van der Waals surface area contributed by atoms with Gasteiger partial charge >= 0.3 is 5.97 Å². The van der Waals surface area contributed by atoms with Gasteiger partial charge in [0.05, 0.1) is 11.0 Å². The van der Waals surface area contributed by atoms with Crippen molar-refractivity contribution in [2.45, 2.75) is 24.3 Å². The van der Waals surface area contributed by atoms with Crippen molar-refractivity contribution < 1.29 is 18.3 Å². The number of fused-ring (bicyclic) bond motifs is 1. The third-order valence-electron chi connectivity index (χ3n) is 2.86. The molecule has 0 saturated carbocycles.